The Morgan fingerprint density at radius 2 is 1.80 bits per heavy atom. The second-order valence-electron chi connectivity index (χ2n) is 5.75. The summed E-state index contributed by atoms with van der Waals surface area (Å²) in [5, 5.41) is 0. The third kappa shape index (κ3) is 2.38. The summed E-state index contributed by atoms with van der Waals surface area (Å²) < 4.78 is 16.2. The average Bonchev–Trinajstić information content (AvgIpc) is 2.58. The normalized spacial score (nSPS) is 19.9. The lowest BCUT2D eigenvalue weighted by molar-refractivity contribution is 0.00578. The number of rotatable bonds is 2. The number of H-pyrrole nitrogens is 1. The number of hydrogen-bond acceptors (Lipinski definition) is 5. The molecule has 1 aromatic rings. The van der Waals surface area contributed by atoms with Gasteiger partial charge in [-0.25, -0.2) is 4.79 Å². The number of methoxy groups -OCH3 is 1. The van der Waals surface area contributed by atoms with Crippen LogP contribution in [-0.4, -0.2) is 36.4 Å². The molecule has 0 saturated carbocycles. The van der Waals surface area contributed by atoms with E-state index in [1.165, 1.54) is 19.4 Å². The van der Waals surface area contributed by atoms with Crippen molar-refractivity contribution in [1.29, 1.82) is 0 Å². The van der Waals surface area contributed by atoms with Crippen LogP contribution in [-0.2, 0) is 14.0 Å². The Morgan fingerprint density at radius 3 is 2.30 bits per heavy atom. The number of pyridine rings is 1. The molecule has 0 aromatic carbocycles. The number of aromatic amines is 1. The van der Waals surface area contributed by atoms with Gasteiger partial charge in [0.1, 0.15) is 0 Å². The van der Waals surface area contributed by atoms with E-state index in [1.807, 2.05) is 27.7 Å². The highest BCUT2D eigenvalue weighted by molar-refractivity contribution is 6.62. The van der Waals surface area contributed by atoms with Crippen molar-refractivity contribution in [2.24, 2.45) is 0 Å². The smallest absolute Gasteiger partial charge is 0.465 e. The lowest BCUT2D eigenvalue weighted by Crippen LogP contribution is -2.45. The molecule has 2 rings (SSSR count). The number of ether oxygens (including phenoxy) is 1. The molecule has 1 saturated heterocycles. The van der Waals surface area contributed by atoms with Gasteiger partial charge in [-0.15, -0.1) is 0 Å². The SMILES string of the molecule is COC(=O)c1c[nH]c(=O)c(B2OC(C)(C)C(C)(C)O2)c1. The zero-order valence-electron chi connectivity index (χ0n) is 12.3. The molecule has 0 bridgehead atoms. The van der Waals surface area contributed by atoms with E-state index < -0.39 is 24.3 Å². The lowest BCUT2D eigenvalue weighted by atomic mass is 9.79. The van der Waals surface area contributed by atoms with E-state index in [-0.39, 0.29) is 16.6 Å². The molecule has 1 aromatic heterocycles. The standard InChI is InChI=1S/C13H18BNO5/c1-12(2)13(3,4)20-14(19-12)9-6-8(11(17)18-5)7-15-10(9)16/h6-7H,1-5H3,(H,15,16). The third-order valence-corrected chi connectivity index (χ3v) is 3.86. The highest BCUT2D eigenvalue weighted by Crippen LogP contribution is 2.36. The second-order valence-corrected chi connectivity index (χ2v) is 5.75. The Hall–Kier alpha value is -1.60. The first-order valence-electron chi connectivity index (χ1n) is 6.34. The van der Waals surface area contributed by atoms with E-state index in [2.05, 4.69) is 9.72 Å². The van der Waals surface area contributed by atoms with Gasteiger partial charge in [0, 0.05) is 11.7 Å². The van der Waals surface area contributed by atoms with Crippen molar-refractivity contribution in [3.8, 4) is 0 Å². The summed E-state index contributed by atoms with van der Waals surface area (Å²) in [5.74, 6) is -0.529. The van der Waals surface area contributed by atoms with Crippen LogP contribution in [0, 0.1) is 0 Å². The predicted molar refractivity (Wildman–Crippen MR) is 74.1 cm³/mol. The van der Waals surface area contributed by atoms with E-state index in [9.17, 15) is 9.59 Å². The first-order valence-corrected chi connectivity index (χ1v) is 6.34. The lowest BCUT2D eigenvalue weighted by Gasteiger charge is -2.32. The van der Waals surface area contributed by atoms with Gasteiger partial charge in [-0.3, -0.25) is 4.79 Å². The first kappa shape index (κ1) is 14.8. The summed E-state index contributed by atoms with van der Waals surface area (Å²) in [6.07, 6.45) is 1.31. The fourth-order valence-corrected chi connectivity index (χ4v) is 1.88. The summed E-state index contributed by atoms with van der Waals surface area (Å²) in [5.41, 5.74) is -0.948. The number of aromatic nitrogens is 1. The van der Waals surface area contributed by atoms with Crippen LogP contribution in [0.1, 0.15) is 38.1 Å². The van der Waals surface area contributed by atoms with Crippen molar-refractivity contribution in [3.63, 3.8) is 0 Å². The van der Waals surface area contributed by atoms with E-state index >= 15 is 0 Å². The average molecular weight is 279 g/mol. The molecule has 0 atom stereocenters. The van der Waals surface area contributed by atoms with Crippen LogP contribution in [0.15, 0.2) is 17.1 Å². The maximum atomic E-state index is 11.9. The Morgan fingerprint density at radius 1 is 1.25 bits per heavy atom. The van der Waals surface area contributed by atoms with Gasteiger partial charge in [-0.05, 0) is 33.8 Å². The van der Waals surface area contributed by atoms with Crippen LogP contribution in [0.25, 0.3) is 0 Å². The van der Waals surface area contributed by atoms with Gasteiger partial charge < -0.3 is 19.0 Å². The fraction of sp³-hybridized carbons (Fsp3) is 0.538. The summed E-state index contributed by atoms with van der Waals surface area (Å²) in [6, 6.07) is 1.44. The Labute approximate surface area is 117 Å². The molecule has 0 aliphatic carbocycles. The maximum absolute atomic E-state index is 11.9. The minimum atomic E-state index is -0.812. The minimum absolute atomic E-state index is 0.247. The third-order valence-electron chi connectivity index (χ3n) is 3.86. The van der Waals surface area contributed by atoms with Crippen molar-refractivity contribution in [1.82, 2.24) is 4.98 Å². The van der Waals surface area contributed by atoms with Crippen LogP contribution in [0.4, 0.5) is 0 Å². The quantitative estimate of drug-likeness (QED) is 0.628. The number of esters is 1. The highest BCUT2D eigenvalue weighted by atomic mass is 16.7. The topological polar surface area (TPSA) is 77.6 Å². The first-order chi connectivity index (χ1) is 9.18. The van der Waals surface area contributed by atoms with Crippen molar-refractivity contribution in [2.45, 2.75) is 38.9 Å². The molecule has 0 spiro atoms. The Bertz CT molecular complexity index is 577. The molecule has 0 unspecified atom stereocenters. The van der Waals surface area contributed by atoms with Crippen LogP contribution in [0.5, 0.6) is 0 Å². The van der Waals surface area contributed by atoms with Crippen LogP contribution < -0.4 is 11.0 Å². The molecule has 0 amide bonds. The zero-order valence-corrected chi connectivity index (χ0v) is 12.3. The van der Waals surface area contributed by atoms with Gasteiger partial charge >= 0.3 is 13.1 Å². The van der Waals surface area contributed by atoms with Gasteiger partial charge in [0.05, 0.1) is 23.9 Å². The van der Waals surface area contributed by atoms with Crippen LogP contribution in [0.2, 0.25) is 0 Å². The summed E-state index contributed by atoms with van der Waals surface area (Å²) in [7, 11) is 0.468. The molecule has 20 heavy (non-hydrogen) atoms. The largest absolute Gasteiger partial charge is 0.500 e. The minimum Gasteiger partial charge on any atom is -0.465 e. The van der Waals surface area contributed by atoms with E-state index in [4.69, 9.17) is 9.31 Å². The number of hydrogen-bond donors (Lipinski definition) is 1. The van der Waals surface area contributed by atoms with Gasteiger partial charge in [0.15, 0.2) is 0 Å². The molecular formula is C13H18BNO5. The number of nitrogens with one attached hydrogen (secondary N) is 1. The predicted octanol–water partition coefficient (Wildman–Crippen LogP) is 0.461. The Kier molecular flexibility index (Phi) is 3.52. The highest BCUT2D eigenvalue weighted by Gasteiger charge is 2.52. The molecule has 0 radical (unpaired) electrons. The van der Waals surface area contributed by atoms with Gasteiger partial charge in [0.25, 0.3) is 0 Å². The second kappa shape index (κ2) is 4.75. The van der Waals surface area contributed by atoms with Crippen LogP contribution >= 0.6 is 0 Å². The number of carbonyl (C=O) groups excluding carboxylic acids is 1. The summed E-state index contributed by atoms with van der Waals surface area (Å²) in [6.45, 7) is 7.58. The van der Waals surface area contributed by atoms with Crippen molar-refractivity contribution in [2.75, 3.05) is 7.11 Å². The molecule has 108 valence electrons. The van der Waals surface area contributed by atoms with E-state index in [1.54, 1.807) is 0 Å². The fourth-order valence-electron chi connectivity index (χ4n) is 1.88. The molecule has 1 fully saturated rings. The van der Waals surface area contributed by atoms with Crippen molar-refractivity contribution < 1.29 is 18.8 Å². The summed E-state index contributed by atoms with van der Waals surface area (Å²) in [4.78, 5) is 25.9. The number of carbonyl (C=O) groups is 1. The van der Waals surface area contributed by atoms with Gasteiger partial charge in [0.2, 0.25) is 5.56 Å². The molecule has 7 heteroatoms. The van der Waals surface area contributed by atoms with Crippen molar-refractivity contribution >= 4 is 18.6 Å². The van der Waals surface area contributed by atoms with Gasteiger partial charge in [-0.2, -0.15) is 0 Å². The summed E-state index contributed by atoms with van der Waals surface area (Å²) >= 11 is 0. The molecule has 1 aliphatic heterocycles. The van der Waals surface area contributed by atoms with Crippen LogP contribution in [0.3, 0.4) is 0 Å². The molecular weight excluding hydrogens is 261 g/mol. The van der Waals surface area contributed by atoms with E-state index in [0.29, 0.717) is 0 Å². The molecule has 1 N–H and O–H groups in total. The zero-order chi connectivity index (χ0) is 15.1. The molecule has 6 nitrogen and oxygen atoms in total. The van der Waals surface area contributed by atoms with Crippen molar-refractivity contribution in [3.05, 3.63) is 28.2 Å². The monoisotopic (exact) mass is 279 g/mol. The van der Waals surface area contributed by atoms with E-state index in [0.717, 1.165) is 0 Å². The maximum Gasteiger partial charge on any atom is 0.500 e. The Balaban J connectivity index is 2.40. The van der Waals surface area contributed by atoms with Gasteiger partial charge in [-0.1, -0.05) is 0 Å². The molecule has 2 heterocycles. The molecule has 1 aliphatic rings.